The van der Waals surface area contributed by atoms with Crippen molar-refractivity contribution in [3.63, 3.8) is 0 Å². The number of hydrogen-bond donors (Lipinski definition) is 0. The van der Waals surface area contributed by atoms with Gasteiger partial charge < -0.3 is 4.57 Å². The smallest absolute Gasteiger partial charge is 0.255 e. The van der Waals surface area contributed by atoms with Crippen molar-refractivity contribution in [1.82, 2.24) is 24.3 Å². The highest BCUT2D eigenvalue weighted by atomic mass is 32.1. The predicted octanol–water partition coefficient (Wildman–Crippen LogP) is 2.95. The summed E-state index contributed by atoms with van der Waals surface area (Å²) >= 11 is 1.66. The molecule has 30 heavy (non-hydrogen) atoms. The minimum absolute atomic E-state index is 0.183. The number of hydrogen-bond acceptors (Lipinski definition) is 6. The molecule has 0 saturated carbocycles. The molecule has 5 rings (SSSR count). The van der Waals surface area contributed by atoms with Crippen LogP contribution in [0.25, 0.3) is 0 Å². The Kier molecular flexibility index (Phi) is 5.50. The molecular weight excluding hydrogens is 394 g/mol. The second kappa shape index (κ2) is 8.41. The van der Waals surface area contributed by atoms with Crippen molar-refractivity contribution in [1.29, 1.82) is 0 Å². The topological polar surface area (TPSA) is 54.3 Å². The maximum Gasteiger partial charge on any atom is 0.255 e. The van der Waals surface area contributed by atoms with E-state index in [1.165, 1.54) is 12.1 Å². The molecule has 3 aromatic rings. The molecule has 5 heterocycles. The number of piperidine rings is 1. The Bertz CT molecular complexity index is 1050. The van der Waals surface area contributed by atoms with E-state index in [2.05, 4.69) is 35.8 Å². The molecule has 2 bridgehead atoms. The van der Waals surface area contributed by atoms with Gasteiger partial charge in [-0.15, -0.1) is 11.3 Å². The fraction of sp³-hybridized carbons (Fsp3) is 0.435. The number of rotatable bonds is 6. The second-order valence-corrected chi connectivity index (χ2v) is 9.38. The van der Waals surface area contributed by atoms with Crippen molar-refractivity contribution in [2.24, 2.45) is 5.92 Å². The maximum absolute atomic E-state index is 13.3. The average Bonchev–Trinajstić information content (AvgIpc) is 3.24. The Balaban J connectivity index is 1.31. The van der Waals surface area contributed by atoms with Crippen LogP contribution in [0, 0.1) is 5.92 Å². The van der Waals surface area contributed by atoms with Crippen LogP contribution < -0.4 is 5.56 Å². The standard InChI is InChI=1S/C23H27N5OS/c1-26(13-20-4-2-3-7-24-20)11-18-5-6-22-19-8-17(10-28(22)23(18)29)9-27(12-19)14-21-15-30-16-25-21/h2-7,15-17,19H,8-14H2,1H3/t17-,19+/m0/s1. The van der Waals surface area contributed by atoms with Gasteiger partial charge in [-0.05, 0) is 37.6 Å². The van der Waals surface area contributed by atoms with Crippen molar-refractivity contribution in [3.05, 3.63) is 80.4 Å². The first-order valence-electron chi connectivity index (χ1n) is 10.6. The van der Waals surface area contributed by atoms with Gasteiger partial charge in [-0.2, -0.15) is 0 Å². The van der Waals surface area contributed by atoms with Crippen molar-refractivity contribution in [2.45, 2.75) is 38.5 Å². The number of thiazole rings is 1. The first kappa shape index (κ1) is 19.6. The lowest BCUT2D eigenvalue weighted by atomic mass is 9.83. The van der Waals surface area contributed by atoms with Crippen LogP contribution >= 0.6 is 11.3 Å². The molecule has 0 spiro atoms. The van der Waals surface area contributed by atoms with Gasteiger partial charge in [0.25, 0.3) is 5.56 Å². The van der Waals surface area contributed by atoms with Crippen LogP contribution in [0.2, 0.25) is 0 Å². The lowest BCUT2D eigenvalue weighted by Crippen LogP contribution is -2.47. The summed E-state index contributed by atoms with van der Waals surface area (Å²) in [6.45, 7) is 5.17. The zero-order valence-corrected chi connectivity index (χ0v) is 18.1. The number of aromatic nitrogens is 3. The van der Waals surface area contributed by atoms with E-state index < -0.39 is 0 Å². The van der Waals surface area contributed by atoms with Gasteiger partial charge in [0.2, 0.25) is 0 Å². The SMILES string of the molecule is CN(Cc1ccccn1)Cc1ccc2n(c1=O)C[C@H]1C[C@@H]2CN(Cc2cscn2)C1. The van der Waals surface area contributed by atoms with E-state index >= 15 is 0 Å². The molecule has 0 amide bonds. The number of pyridine rings is 2. The molecule has 156 valence electrons. The molecule has 1 fully saturated rings. The van der Waals surface area contributed by atoms with Crippen molar-refractivity contribution in [3.8, 4) is 0 Å². The summed E-state index contributed by atoms with van der Waals surface area (Å²) in [5.41, 5.74) is 6.34. The summed E-state index contributed by atoms with van der Waals surface area (Å²) in [5.74, 6) is 0.971. The van der Waals surface area contributed by atoms with Gasteiger partial charge in [0.1, 0.15) is 0 Å². The third-order valence-corrected chi connectivity index (χ3v) is 6.86. The van der Waals surface area contributed by atoms with Crippen LogP contribution in [-0.4, -0.2) is 44.5 Å². The molecule has 7 heteroatoms. The van der Waals surface area contributed by atoms with Gasteiger partial charge in [-0.3, -0.25) is 19.6 Å². The molecule has 6 nitrogen and oxygen atoms in total. The van der Waals surface area contributed by atoms with Crippen LogP contribution in [-0.2, 0) is 26.2 Å². The zero-order valence-electron chi connectivity index (χ0n) is 17.3. The minimum atomic E-state index is 0.183. The monoisotopic (exact) mass is 421 g/mol. The van der Waals surface area contributed by atoms with Gasteiger partial charge >= 0.3 is 0 Å². The molecular formula is C23H27N5OS. The van der Waals surface area contributed by atoms with Crippen LogP contribution in [0.5, 0.6) is 0 Å². The Hall–Kier alpha value is -2.35. The molecule has 2 aliphatic heterocycles. The predicted molar refractivity (Wildman–Crippen MR) is 118 cm³/mol. The summed E-state index contributed by atoms with van der Waals surface area (Å²) in [6, 6.07) is 10.2. The number of fused-ring (bicyclic) bond motifs is 4. The summed E-state index contributed by atoms with van der Waals surface area (Å²) < 4.78 is 2.06. The highest BCUT2D eigenvalue weighted by Gasteiger charge is 2.35. The fourth-order valence-corrected chi connectivity index (χ4v) is 5.55. The number of likely N-dealkylation sites (tertiary alicyclic amines) is 1. The van der Waals surface area contributed by atoms with Gasteiger partial charge in [0, 0.05) is 68.0 Å². The largest absolute Gasteiger partial charge is 0.312 e. The van der Waals surface area contributed by atoms with E-state index in [1.54, 1.807) is 11.3 Å². The molecule has 1 saturated heterocycles. The van der Waals surface area contributed by atoms with Crippen LogP contribution in [0.1, 0.15) is 35.0 Å². The Morgan fingerprint density at radius 3 is 2.83 bits per heavy atom. The molecule has 0 unspecified atom stereocenters. The van der Waals surface area contributed by atoms with E-state index in [4.69, 9.17) is 0 Å². The van der Waals surface area contributed by atoms with E-state index in [-0.39, 0.29) is 5.56 Å². The molecule has 0 aliphatic carbocycles. The Morgan fingerprint density at radius 1 is 1.10 bits per heavy atom. The zero-order chi connectivity index (χ0) is 20.5. The average molecular weight is 422 g/mol. The van der Waals surface area contributed by atoms with Crippen LogP contribution in [0.3, 0.4) is 0 Å². The van der Waals surface area contributed by atoms with Gasteiger partial charge in [0.05, 0.1) is 16.9 Å². The van der Waals surface area contributed by atoms with Crippen LogP contribution in [0.15, 0.2) is 52.2 Å². The quantitative estimate of drug-likeness (QED) is 0.613. The Morgan fingerprint density at radius 2 is 2.03 bits per heavy atom. The first-order valence-corrected chi connectivity index (χ1v) is 11.5. The molecule has 2 atom stereocenters. The molecule has 2 aliphatic rings. The molecule has 0 radical (unpaired) electrons. The lowest BCUT2D eigenvalue weighted by molar-refractivity contribution is 0.113. The third kappa shape index (κ3) is 4.10. The molecule has 0 aromatic carbocycles. The Labute approximate surface area is 180 Å². The van der Waals surface area contributed by atoms with Crippen LogP contribution in [0.4, 0.5) is 0 Å². The molecule has 0 N–H and O–H groups in total. The van der Waals surface area contributed by atoms with E-state index in [9.17, 15) is 4.79 Å². The lowest BCUT2D eigenvalue weighted by Gasteiger charge is -2.42. The summed E-state index contributed by atoms with van der Waals surface area (Å²) in [5, 5.41) is 2.14. The van der Waals surface area contributed by atoms with Gasteiger partial charge in [-0.1, -0.05) is 12.1 Å². The fourth-order valence-electron chi connectivity index (χ4n) is 5.00. The van der Waals surface area contributed by atoms with Crippen molar-refractivity contribution in [2.75, 3.05) is 20.1 Å². The summed E-state index contributed by atoms with van der Waals surface area (Å²) in [4.78, 5) is 26.8. The van der Waals surface area contributed by atoms with Crippen molar-refractivity contribution < 1.29 is 0 Å². The minimum Gasteiger partial charge on any atom is -0.312 e. The van der Waals surface area contributed by atoms with Gasteiger partial charge in [-0.25, -0.2) is 4.98 Å². The van der Waals surface area contributed by atoms with E-state index in [0.29, 0.717) is 18.4 Å². The number of nitrogens with zero attached hydrogens (tertiary/aromatic N) is 5. The van der Waals surface area contributed by atoms with Crippen molar-refractivity contribution >= 4 is 11.3 Å². The highest BCUT2D eigenvalue weighted by molar-refractivity contribution is 7.07. The highest BCUT2D eigenvalue weighted by Crippen LogP contribution is 2.35. The van der Waals surface area contributed by atoms with E-state index in [0.717, 1.165) is 49.7 Å². The normalized spacial score (nSPS) is 21.0. The molecule has 3 aromatic heterocycles. The summed E-state index contributed by atoms with van der Waals surface area (Å²) in [6.07, 6.45) is 3.00. The maximum atomic E-state index is 13.3. The summed E-state index contributed by atoms with van der Waals surface area (Å²) in [7, 11) is 2.04. The van der Waals surface area contributed by atoms with E-state index in [1.807, 2.05) is 43.0 Å². The van der Waals surface area contributed by atoms with Gasteiger partial charge in [0.15, 0.2) is 0 Å². The third-order valence-electron chi connectivity index (χ3n) is 6.23. The first-order chi connectivity index (χ1) is 14.7. The second-order valence-electron chi connectivity index (χ2n) is 8.67.